The van der Waals surface area contributed by atoms with Crippen molar-refractivity contribution in [2.45, 2.75) is 13.3 Å². The van der Waals surface area contributed by atoms with Crippen molar-refractivity contribution < 1.29 is 4.74 Å². The molecule has 0 aromatic heterocycles. The zero-order valence-electron chi connectivity index (χ0n) is 11.4. The number of methoxy groups -OCH3 is 1. The molecule has 2 rings (SSSR count). The van der Waals surface area contributed by atoms with Gasteiger partial charge < -0.3 is 15.4 Å². The first-order chi connectivity index (χ1) is 8.72. The van der Waals surface area contributed by atoms with Crippen LogP contribution in [0.25, 0.3) is 0 Å². The highest BCUT2D eigenvalue weighted by atomic mass is 16.5. The molecule has 100 valence electrons. The maximum Gasteiger partial charge on any atom is 0.122 e. The lowest BCUT2D eigenvalue weighted by Gasteiger charge is -2.36. The van der Waals surface area contributed by atoms with E-state index in [-0.39, 0.29) is 0 Å². The Morgan fingerprint density at radius 2 is 1.89 bits per heavy atom. The molecule has 1 aliphatic heterocycles. The minimum absolute atomic E-state index is 0.764. The Morgan fingerprint density at radius 3 is 2.50 bits per heavy atom. The molecule has 0 unspecified atom stereocenters. The van der Waals surface area contributed by atoms with Gasteiger partial charge in [0.15, 0.2) is 0 Å². The van der Waals surface area contributed by atoms with Crippen molar-refractivity contribution in [3.05, 3.63) is 18.2 Å². The van der Waals surface area contributed by atoms with Crippen molar-refractivity contribution in [1.29, 1.82) is 0 Å². The average Bonchev–Trinajstić information content (AvgIpc) is 2.39. The second-order valence-electron chi connectivity index (χ2n) is 4.79. The third-order valence-electron chi connectivity index (χ3n) is 3.43. The molecule has 0 bridgehead atoms. The van der Waals surface area contributed by atoms with Gasteiger partial charge >= 0.3 is 0 Å². The molecule has 0 radical (unpaired) electrons. The molecule has 0 amide bonds. The molecule has 4 heteroatoms. The van der Waals surface area contributed by atoms with Crippen molar-refractivity contribution in [3.63, 3.8) is 0 Å². The predicted molar refractivity (Wildman–Crippen MR) is 76.4 cm³/mol. The number of nitrogen functional groups attached to an aromatic ring is 1. The quantitative estimate of drug-likeness (QED) is 0.826. The summed E-state index contributed by atoms with van der Waals surface area (Å²) in [5, 5.41) is 0. The standard InChI is InChI=1S/C14H23N3O/c1-3-4-16-5-7-17(8-6-16)13-9-12(15)10-14(11-13)18-2/h9-11H,3-8,15H2,1-2H3. The van der Waals surface area contributed by atoms with Gasteiger partial charge in [0.1, 0.15) is 5.75 Å². The number of anilines is 2. The monoisotopic (exact) mass is 249 g/mol. The normalized spacial score (nSPS) is 16.9. The fraction of sp³-hybridized carbons (Fsp3) is 0.571. The van der Waals surface area contributed by atoms with Gasteiger partial charge in [-0.1, -0.05) is 6.92 Å². The number of ether oxygens (including phenoxy) is 1. The summed E-state index contributed by atoms with van der Waals surface area (Å²) in [7, 11) is 1.68. The Bertz CT molecular complexity index is 387. The van der Waals surface area contributed by atoms with Gasteiger partial charge in [-0.3, -0.25) is 4.90 Å². The third kappa shape index (κ3) is 3.07. The first kappa shape index (κ1) is 13.0. The van der Waals surface area contributed by atoms with Crippen LogP contribution in [0, 0.1) is 0 Å². The lowest BCUT2D eigenvalue weighted by molar-refractivity contribution is 0.258. The van der Waals surface area contributed by atoms with Crippen LogP contribution in [0.1, 0.15) is 13.3 Å². The Hall–Kier alpha value is -1.42. The van der Waals surface area contributed by atoms with Crippen molar-refractivity contribution >= 4 is 11.4 Å². The van der Waals surface area contributed by atoms with Gasteiger partial charge in [-0.15, -0.1) is 0 Å². The molecular weight excluding hydrogens is 226 g/mol. The van der Waals surface area contributed by atoms with E-state index in [2.05, 4.69) is 22.8 Å². The molecule has 1 aromatic carbocycles. The summed E-state index contributed by atoms with van der Waals surface area (Å²) in [4.78, 5) is 4.89. The van der Waals surface area contributed by atoms with E-state index < -0.39 is 0 Å². The van der Waals surface area contributed by atoms with E-state index >= 15 is 0 Å². The van der Waals surface area contributed by atoms with Gasteiger partial charge in [-0.25, -0.2) is 0 Å². The molecule has 0 atom stereocenters. The van der Waals surface area contributed by atoms with Gasteiger partial charge in [0, 0.05) is 49.7 Å². The Labute approximate surface area is 109 Å². The summed E-state index contributed by atoms with van der Waals surface area (Å²) in [6.45, 7) is 7.82. The Morgan fingerprint density at radius 1 is 1.17 bits per heavy atom. The van der Waals surface area contributed by atoms with Gasteiger partial charge in [-0.2, -0.15) is 0 Å². The van der Waals surface area contributed by atoms with Crippen LogP contribution in [0.4, 0.5) is 11.4 Å². The Kier molecular flexibility index (Phi) is 4.31. The topological polar surface area (TPSA) is 41.7 Å². The molecule has 1 saturated heterocycles. The van der Waals surface area contributed by atoms with E-state index in [0.29, 0.717) is 0 Å². The highest BCUT2D eigenvalue weighted by molar-refractivity contribution is 5.60. The first-order valence-electron chi connectivity index (χ1n) is 6.64. The summed E-state index contributed by atoms with van der Waals surface area (Å²) < 4.78 is 5.27. The third-order valence-corrected chi connectivity index (χ3v) is 3.43. The Balaban J connectivity index is 2.02. The van der Waals surface area contributed by atoms with Crippen LogP contribution in [0.3, 0.4) is 0 Å². The minimum atomic E-state index is 0.764. The molecule has 18 heavy (non-hydrogen) atoms. The van der Waals surface area contributed by atoms with E-state index in [1.165, 1.54) is 18.7 Å². The molecule has 1 aliphatic rings. The number of hydrogen-bond acceptors (Lipinski definition) is 4. The second kappa shape index (κ2) is 5.96. The van der Waals surface area contributed by atoms with E-state index in [9.17, 15) is 0 Å². The average molecular weight is 249 g/mol. The van der Waals surface area contributed by atoms with Crippen molar-refractivity contribution in [1.82, 2.24) is 4.90 Å². The summed E-state index contributed by atoms with van der Waals surface area (Å²) in [5.74, 6) is 0.834. The van der Waals surface area contributed by atoms with Crippen LogP contribution in [0.5, 0.6) is 5.75 Å². The maximum atomic E-state index is 5.90. The zero-order valence-corrected chi connectivity index (χ0v) is 11.4. The lowest BCUT2D eigenvalue weighted by Crippen LogP contribution is -2.46. The number of hydrogen-bond donors (Lipinski definition) is 1. The van der Waals surface area contributed by atoms with Gasteiger partial charge in [0.2, 0.25) is 0 Å². The largest absolute Gasteiger partial charge is 0.497 e. The number of piperazine rings is 1. The number of rotatable bonds is 4. The van der Waals surface area contributed by atoms with Crippen LogP contribution in [0.15, 0.2) is 18.2 Å². The number of nitrogens with zero attached hydrogens (tertiary/aromatic N) is 2. The van der Waals surface area contributed by atoms with Crippen molar-refractivity contribution in [3.8, 4) is 5.75 Å². The second-order valence-corrected chi connectivity index (χ2v) is 4.79. The van der Waals surface area contributed by atoms with Gasteiger partial charge in [0.05, 0.1) is 7.11 Å². The lowest BCUT2D eigenvalue weighted by atomic mass is 10.2. The first-order valence-corrected chi connectivity index (χ1v) is 6.64. The molecule has 0 spiro atoms. The maximum absolute atomic E-state index is 5.90. The van der Waals surface area contributed by atoms with E-state index in [1.807, 2.05) is 12.1 Å². The van der Waals surface area contributed by atoms with Crippen LogP contribution in [-0.4, -0.2) is 44.7 Å². The van der Waals surface area contributed by atoms with E-state index in [1.54, 1.807) is 7.11 Å². The predicted octanol–water partition coefficient (Wildman–Crippen LogP) is 1.81. The van der Waals surface area contributed by atoms with E-state index in [4.69, 9.17) is 10.5 Å². The van der Waals surface area contributed by atoms with Crippen LogP contribution < -0.4 is 15.4 Å². The molecule has 1 fully saturated rings. The summed E-state index contributed by atoms with van der Waals surface area (Å²) >= 11 is 0. The molecule has 1 heterocycles. The highest BCUT2D eigenvalue weighted by Crippen LogP contribution is 2.26. The molecule has 2 N–H and O–H groups in total. The van der Waals surface area contributed by atoms with E-state index in [0.717, 1.165) is 37.6 Å². The van der Waals surface area contributed by atoms with Gasteiger partial charge in [0.25, 0.3) is 0 Å². The highest BCUT2D eigenvalue weighted by Gasteiger charge is 2.17. The fourth-order valence-electron chi connectivity index (χ4n) is 2.45. The smallest absolute Gasteiger partial charge is 0.122 e. The number of benzene rings is 1. The fourth-order valence-corrected chi connectivity index (χ4v) is 2.45. The zero-order chi connectivity index (χ0) is 13.0. The molecule has 1 aromatic rings. The van der Waals surface area contributed by atoms with Crippen LogP contribution in [0.2, 0.25) is 0 Å². The summed E-state index contributed by atoms with van der Waals surface area (Å²) in [5.41, 5.74) is 7.83. The van der Waals surface area contributed by atoms with Crippen molar-refractivity contribution in [2.24, 2.45) is 0 Å². The molecular formula is C14H23N3O. The van der Waals surface area contributed by atoms with Crippen LogP contribution in [-0.2, 0) is 0 Å². The summed E-state index contributed by atoms with van der Waals surface area (Å²) in [6.07, 6.45) is 1.23. The minimum Gasteiger partial charge on any atom is -0.497 e. The number of nitrogens with two attached hydrogens (primary N) is 1. The SMILES string of the molecule is CCCN1CCN(c2cc(N)cc(OC)c2)CC1. The molecule has 4 nitrogen and oxygen atoms in total. The summed E-state index contributed by atoms with van der Waals surface area (Å²) in [6, 6.07) is 5.95. The van der Waals surface area contributed by atoms with Crippen molar-refractivity contribution in [2.75, 3.05) is 50.5 Å². The molecule has 0 aliphatic carbocycles. The van der Waals surface area contributed by atoms with Gasteiger partial charge in [-0.05, 0) is 19.0 Å². The molecule has 0 saturated carbocycles. The van der Waals surface area contributed by atoms with Crippen LogP contribution >= 0.6 is 0 Å².